The molecule has 0 bridgehead atoms. The number of hydrogen-bond donors (Lipinski definition) is 1. The van der Waals surface area contributed by atoms with Crippen molar-refractivity contribution in [2.24, 2.45) is 5.92 Å². The number of hydrogen-bond acceptors (Lipinski definition) is 1. The Bertz CT molecular complexity index is 369. The largest absolute Gasteiger partial charge is 0.388 e. The van der Waals surface area contributed by atoms with Gasteiger partial charge in [-0.2, -0.15) is 0 Å². The molecule has 2 rings (SSSR count). The van der Waals surface area contributed by atoms with Crippen LogP contribution in [0.15, 0.2) is 18.2 Å². The fourth-order valence-electron chi connectivity index (χ4n) is 2.77. The van der Waals surface area contributed by atoms with E-state index in [-0.39, 0.29) is 0 Å². The average Bonchev–Trinajstić information content (AvgIpc) is 2.30. The van der Waals surface area contributed by atoms with Crippen molar-refractivity contribution in [3.63, 3.8) is 0 Å². The molecule has 1 fully saturated rings. The summed E-state index contributed by atoms with van der Waals surface area (Å²) in [4.78, 5) is 0. The van der Waals surface area contributed by atoms with Gasteiger partial charge in [0.1, 0.15) is 0 Å². The summed E-state index contributed by atoms with van der Waals surface area (Å²) in [7, 11) is 0. The first-order valence-corrected chi connectivity index (χ1v) is 6.98. The molecule has 1 aliphatic rings. The first-order valence-electron chi connectivity index (χ1n) is 6.61. The minimum absolute atomic E-state index is 0.397. The SMILES string of the molecule is Cc1ccc(C(O)CC2CCCCC2)c(Cl)c1. The molecule has 17 heavy (non-hydrogen) atoms. The normalized spacial score (nSPS) is 19.2. The van der Waals surface area contributed by atoms with Crippen LogP contribution in [0.2, 0.25) is 5.02 Å². The van der Waals surface area contributed by atoms with E-state index in [1.54, 1.807) is 0 Å². The van der Waals surface area contributed by atoms with Gasteiger partial charge in [0.05, 0.1) is 6.10 Å². The second-order valence-corrected chi connectivity index (χ2v) is 5.69. The molecule has 0 aromatic heterocycles. The summed E-state index contributed by atoms with van der Waals surface area (Å²) in [5, 5.41) is 11.0. The van der Waals surface area contributed by atoms with Gasteiger partial charge in [0.2, 0.25) is 0 Å². The number of aliphatic hydroxyl groups is 1. The summed E-state index contributed by atoms with van der Waals surface area (Å²) >= 11 is 6.18. The van der Waals surface area contributed by atoms with Gasteiger partial charge >= 0.3 is 0 Å². The third-order valence-electron chi connectivity index (χ3n) is 3.80. The molecule has 1 unspecified atom stereocenters. The Kier molecular flexibility index (Phi) is 4.47. The number of aryl methyl sites for hydroxylation is 1. The number of aliphatic hydroxyl groups excluding tert-OH is 1. The van der Waals surface area contributed by atoms with E-state index in [0.717, 1.165) is 17.5 Å². The maximum Gasteiger partial charge on any atom is 0.0807 e. The van der Waals surface area contributed by atoms with Gasteiger partial charge < -0.3 is 5.11 Å². The lowest BCUT2D eigenvalue weighted by Gasteiger charge is -2.24. The van der Waals surface area contributed by atoms with E-state index in [9.17, 15) is 5.11 Å². The van der Waals surface area contributed by atoms with Crippen LogP contribution in [0.3, 0.4) is 0 Å². The Labute approximate surface area is 109 Å². The van der Waals surface area contributed by atoms with Crippen LogP contribution in [0, 0.1) is 12.8 Å². The third kappa shape index (κ3) is 3.46. The van der Waals surface area contributed by atoms with Gasteiger partial charge in [-0.05, 0) is 36.5 Å². The maximum atomic E-state index is 10.3. The van der Waals surface area contributed by atoms with Crippen LogP contribution in [0.4, 0.5) is 0 Å². The Balaban J connectivity index is 2.00. The third-order valence-corrected chi connectivity index (χ3v) is 4.12. The second kappa shape index (κ2) is 5.88. The molecule has 1 aromatic rings. The topological polar surface area (TPSA) is 20.2 Å². The molecule has 94 valence electrons. The smallest absolute Gasteiger partial charge is 0.0807 e. The minimum atomic E-state index is -0.397. The van der Waals surface area contributed by atoms with Crippen LogP contribution >= 0.6 is 11.6 Å². The average molecular weight is 253 g/mol. The van der Waals surface area contributed by atoms with Gasteiger partial charge in [0.25, 0.3) is 0 Å². The Morgan fingerprint density at radius 1 is 1.29 bits per heavy atom. The molecule has 0 saturated heterocycles. The zero-order valence-electron chi connectivity index (χ0n) is 10.5. The van der Waals surface area contributed by atoms with Crippen LogP contribution in [-0.2, 0) is 0 Å². The summed E-state index contributed by atoms with van der Waals surface area (Å²) in [6.45, 7) is 2.02. The van der Waals surface area contributed by atoms with Gasteiger partial charge in [-0.15, -0.1) is 0 Å². The molecular weight excluding hydrogens is 232 g/mol. The molecule has 0 heterocycles. The zero-order chi connectivity index (χ0) is 12.3. The lowest BCUT2D eigenvalue weighted by molar-refractivity contribution is 0.131. The van der Waals surface area contributed by atoms with Gasteiger partial charge in [-0.1, -0.05) is 55.8 Å². The van der Waals surface area contributed by atoms with Crippen molar-refractivity contribution in [2.45, 2.75) is 51.6 Å². The summed E-state index contributed by atoms with van der Waals surface area (Å²) in [5.41, 5.74) is 2.03. The summed E-state index contributed by atoms with van der Waals surface area (Å²) in [6, 6.07) is 5.91. The molecule has 0 aliphatic heterocycles. The van der Waals surface area contributed by atoms with Gasteiger partial charge in [-0.3, -0.25) is 0 Å². The molecule has 0 radical (unpaired) electrons. The summed E-state index contributed by atoms with van der Waals surface area (Å²) in [6.07, 6.45) is 6.99. The van der Waals surface area contributed by atoms with Crippen molar-refractivity contribution in [3.8, 4) is 0 Å². The van der Waals surface area contributed by atoms with Gasteiger partial charge in [0, 0.05) is 5.02 Å². The predicted octanol–water partition coefficient (Wildman–Crippen LogP) is 4.65. The molecule has 1 N–H and O–H groups in total. The van der Waals surface area contributed by atoms with Crippen LogP contribution in [0.1, 0.15) is 55.8 Å². The van der Waals surface area contributed by atoms with E-state index in [0.29, 0.717) is 10.9 Å². The first-order chi connectivity index (χ1) is 8.16. The molecular formula is C15H21ClO. The van der Waals surface area contributed by atoms with E-state index in [1.165, 1.54) is 32.1 Å². The minimum Gasteiger partial charge on any atom is -0.388 e. The predicted molar refractivity (Wildman–Crippen MR) is 72.3 cm³/mol. The molecule has 1 atom stereocenters. The zero-order valence-corrected chi connectivity index (χ0v) is 11.2. The van der Waals surface area contributed by atoms with Crippen LogP contribution in [0.25, 0.3) is 0 Å². The molecule has 1 aromatic carbocycles. The van der Waals surface area contributed by atoms with Crippen molar-refractivity contribution >= 4 is 11.6 Å². The lowest BCUT2D eigenvalue weighted by Crippen LogP contribution is -2.11. The Hall–Kier alpha value is -0.530. The molecule has 1 saturated carbocycles. The quantitative estimate of drug-likeness (QED) is 0.830. The summed E-state index contributed by atoms with van der Waals surface area (Å²) in [5.74, 6) is 0.677. The van der Waals surface area contributed by atoms with E-state index in [1.807, 2.05) is 25.1 Å². The first kappa shape index (κ1) is 12.9. The van der Waals surface area contributed by atoms with Crippen molar-refractivity contribution in [2.75, 3.05) is 0 Å². The highest BCUT2D eigenvalue weighted by Gasteiger charge is 2.19. The Morgan fingerprint density at radius 3 is 2.65 bits per heavy atom. The fraction of sp³-hybridized carbons (Fsp3) is 0.600. The van der Waals surface area contributed by atoms with E-state index < -0.39 is 6.10 Å². The number of halogens is 1. The molecule has 0 spiro atoms. The molecule has 2 heteroatoms. The van der Waals surface area contributed by atoms with E-state index >= 15 is 0 Å². The lowest BCUT2D eigenvalue weighted by atomic mass is 9.84. The highest BCUT2D eigenvalue weighted by molar-refractivity contribution is 6.31. The van der Waals surface area contributed by atoms with Crippen LogP contribution in [0.5, 0.6) is 0 Å². The highest BCUT2D eigenvalue weighted by Crippen LogP contribution is 2.34. The Morgan fingerprint density at radius 2 is 2.00 bits per heavy atom. The van der Waals surface area contributed by atoms with Crippen LogP contribution < -0.4 is 0 Å². The maximum absolute atomic E-state index is 10.3. The number of benzene rings is 1. The summed E-state index contributed by atoms with van der Waals surface area (Å²) < 4.78 is 0. The standard InChI is InChI=1S/C15H21ClO/c1-11-7-8-13(14(16)9-11)15(17)10-12-5-3-2-4-6-12/h7-9,12,15,17H,2-6,10H2,1H3. The molecule has 0 amide bonds. The van der Waals surface area contributed by atoms with Crippen LogP contribution in [-0.4, -0.2) is 5.11 Å². The van der Waals surface area contributed by atoms with Gasteiger partial charge in [0.15, 0.2) is 0 Å². The molecule has 1 aliphatic carbocycles. The van der Waals surface area contributed by atoms with Gasteiger partial charge in [-0.25, -0.2) is 0 Å². The van der Waals surface area contributed by atoms with Crippen molar-refractivity contribution in [1.29, 1.82) is 0 Å². The monoisotopic (exact) mass is 252 g/mol. The van der Waals surface area contributed by atoms with Crippen molar-refractivity contribution in [3.05, 3.63) is 34.3 Å². The van der Waals surface area contributed by atoms with E-state index in [2.05, 4.69) is 0 Å². The van der Waals surface area contributed by atoms with Crippen molar-refractivity contribution < 1.29 is 5.11 Å². The molecule has 1 nitrogen and oxygen atoms in total. The van der Waals surface area contributed by atoms with E-state index in [4.69, 9.17) is 11.6 Å². The second-order valence-electron chi connectivity index (χ2n) is 5.28. The number of rotatable bonds is 3. The van der Waals surface area contributed by atoms with Crippen molar-refractivity contribution in [1.82, 2.24) is 0 Å². The highest BCUT2D eigenvalue weighted by atomic mass is 35.5. The fourth-order valence-corrected chi connectivity index (χ4v) is 3.13.